The Morgan fingerprint density at radius 3 is 2.86 bits per heavy atom. The molecular formula is C15H22BrN5. The summed E-state index contributed by atoms with van der Waals surface area (Å²) in [6.07, 6.45) is 4.82. The highest BCUT2D eigenvalue weighted by Gasteiger charge is 2.16. The first-order chi connectivity index (χ1) is 10.2. The van der Waals surface area contributed by atoms with Crippen LogP contribution in [0.2, 0.25) is 0 Å². The fraction of sp³-hybridized carbons (Fsp3) is 0.533. The molecule has 2 aromatic rings. The van der Waals surface area contributed by atoms with Crippen molar-refractivity contribution in [1.29, 1.82) is 0 Å². The molecule has 0 aliphatic rings. The van der Waals surface area contributed by atoms with Crippen molar-refractivity contribution in [2.24, 2.45) is 5.92 Å². The van der Waals surface area contributed by atoms with Crippen LogP contribution in [0.25, 0.3) is 11.4 Å². The number of tetrazole rings is 1. The predicted molar refractivity (Wildman–Crippen MR) is 88.7 cm³/mol. The van der Waals surface area contributed by atoms with E-state index in [1.807, 2.05) is 22.9 Å². The van der Waals surface area contributed by atoms with E-state index in [0.717, 1.165) is 28.8 Å². The van der Waals surface area contributed by atoms with Gasteiger partial charge in [-0.1, -0.05) is 39.2 Å². The molecule has 6 heteroatoms. The molecule has 0 spiro atoms. The molecule has 0 aliphatic heterocycles. The number of nitrogens with zero attached hydrogens (tertiary/aromatic N) is 4. The molecule has 1 unspecified atom stereocenters. The molecule has 1 aromatic heterocycles. The smallest absolute Gasteiger partial charge is 0.183 e. The van der Waals surface area contributed by atoms with Gasteiger partial charge in [0.1, 0.15) is 0 Å². The number of rotatable bonds is 7. The largest absolute Gasteiger partial charge is 0.398 e. The zero-order valence-electron chi connectivity index (χ0n) is 12.6. The second-order valence-corrected chi connectivity index (χ2v) is 6.10. The lowest BCUT2D eigenvalue weighted by molar-refractivity contribution is 0.370. The highest BCUT2D eigenvalue weighted by atomic mass is 79.9. The lowest BCUT2D eigenvalue weighted by Crippen LogP contribution is -2.13. The number of anilines is 1. The van der Waals surface area contributed by atoms with Crippen LogP contribution in [-0.4, -0.2) is 20.2 Å². The molecule has 1 aromatic carbocycles. The molecule has 5 nitrogen and oxygen atoms in total. The summed E-state index contributed by atoms with van der Waals surface area (Å²) in [6.45, 7) is 5.29. The lowest BCUT2D eigenvalue weighted by atomic mass is 9.99. The monoisotopic (exact) mass is 351 g/mol. The summed E-state index contributed by atoms with van der Waals surface area (Å²) in [5.74, 6) is 1.37. The summed E-state index contributed by atoms with van der Waals surface area (Å²) in [4.78, 5) is 0. The Morgan fingerprint density at radius 1 is 1.33 bits per heavy atom. The molecule has 0 amide bonds. The van der Waals surface area contributed by atoms with Gasteiger partial charge in [-0.15, -0.1) is 5.10 Å². The molecule has 0 fully saturated rings. The normalized spacial score (nSPS) is 12.5. The molecule has 21 heavy (non-hydrogen) atoms. The van der Waals surface area contributed by atoms with E-state index in [1.54, 1.807) is 0 Å². The topological polar surface area (TPSA) is 69.6 Å². The van der Waals surface area contributed by atoms with Gasteiger partial charge in [-0.3, -0.25) is 0 Å². The first-order valence-electron chi connectivity index (χ1n) is 7.47. The highest BCUT2D eigenvalue weighted by Crippen LogP contribution is 2.31. The minimum atomic E-state index is 0.604. The van der Waals surface area contributed by atoms with Crippen molar-refractivity contribution < 1.29 is 0 Å². The minimum Gasteiger partial charge on any atom is -0.398 e. The zero-order valence-corrected chi connectivity index (χ0v) is 14.2. The van der Waals surface area contributed by atoms with Crippen molar-refractivity contribution in [3.05, 3.63) is 22.7 Å². The number of nitrogen functional groups attached to an aromatic ring is 1. The second-order valence-electron chi connectivity index (χ2n) is 5.31. The van der Waals surface area contributed by atoms with Gasteiger partial charge in [0.25, 0.3) is 0 Å². The molecular weight excluding hydrogens is 330 g/mol. The van der Waals surface area contributed by atoms with E-state index < -0.39 is 0 Å². The Labute approximate surface area is 134 Å². The molecule has 2 rings (SSSR count). The number of hydrogen-bond donors (Lipinski definition) is 1. The van der Waals surface area contributed by atoms with E-state index in [1.165, 1.54) is 19.3 Å². The summed E-state index contributed by atoms with van der Waals surface area (Å²) in [6, 6.07) is 5.76. The van der Waals surface area contributed by atoms with Crippen LogP contribution in [0.3, 0.4) is 0 Å². The second kappa shape index (κ2) is 7.54. The van der Waals surface area contributed by atoms with Crippen LogP contribution >= 0.6 is 15.9 Å². The molecule has 2 N–H and O–H groups in total. The zero-order chi connectivity index (χ0) is 15.2. The van der Waals surface area contributed by atoms with Crippen LogP contribution in [0.5, 0.6) is 0 Å². The predicted octanol–water partition coefficient (Wildman–Crippen LogP) is 3.90. The van der Waals surface area contributed by atoms with Gasteiger partial charge in [0.15, 0.2) is 5.82 Å². The third kappa shape index (κ3) is 3.81. The quantitative estimate of drug-likeness (QED) is 0.768. The lowest BCUT2D eigenvalue weighted by Gasteiger charge is -2.15. The molecule has 1 atom stereocenters. The maximum atomic E-state index is 5.95. The van der Waals surface area contributed by atoms with Crippen molar-refractivity contribution in [1.82, 2.24) is 20.2 Å². The molecule has 114 valence electrons. The maximum Gasteiger partial charge on any atom is 0.183 e. The number of aromatic nitrogens is 4. The third-order valence-corrected chi connectivity index (χ3v) is 4.66. The summed E-state index contributed by atoms with van der Waals surface area (Å²) in [5.41, 5.74) is 7.58. The Bertz CT molecular complexity index is 581. The van der Waals surface area contributed by atoms with E-state index in [-0.39, 0.29) is 0 Å². The van der Waals surface area contributed by atoms with E-state index in [0.29, 0.717) is 11.6 Å². The Hall–Kier alpha value is -1.43. The van der Waals surface area contributed by atoms with E-state index in [9.17, 15) is 0 Å². The fourth-order valence-electron chi connectivity index (χ4n) is 2.40. The molecule has 0 saturated carbocycles. The van der Waals surface area contributed by atoms with Gasteiger partial charge in [0, 0.05) is 17.8 Å². The molecule has 0 radical (unpaired) electrons. The van der Waals surface area contributed by atoms with Crippen LogP contribution < -0.4 is 5.73 Å². The van der Waals surface area contributed by atoms with Gasteiger partial charge in [-0.25, -0.2) is 4.68 Å². The van der Waals surface area contributed by atoms with Crippen molar-refractivity contribution >= 4 is 21.6 Å². The van der Waals surface area contributed by atoms with Gasteiger partial charge in [-0.2, -0.15) is 0 Å². The average molecular weight is 352 g/mol. The fourth-order valence-corrected chi connectivity index (χ4v) is 2.85. The van der Waals surface area contributed by atoms with Crippen LogP contribution in [0.4, 0.5) is 5.69 Å². The Balaban J connectivity index is 2.24. The Morgan fingerprint density at radius 2 is 2.14 bits per heavy atom. The average Bonchev–Trinajstić information content (AvgIpc) is 2.94. The first kappa shape index (κ1) is 15.9. The number of hydrogen-bond acceptors (Lipinski definition) is 4. The number of nitrogens with two attached hydrogens (primary N) is 1. The molecule has 1 heterocycles. The third-order valence-electron chi connectivity index (χ3n) is 3.78. The molecule has 0 aliphatic carbocycles. The number of benzene rings is 1. The van der Waals surface area contributed by atoms with Crippen molar-refractivity contribution in [3.63, 3.8) is 0 Å². The maximum absolute atomic E-state index is 5.95. The van der Waals surface area contributed by atoms with Gasteiger partial charge in [0.05, 0.1) is 4.47 Å². The van der Waals surface area contributed by atoms with Gasteiger partial charge >= 0.3 is 0 Å². The first-order valence-corrected chi connectivity index (χ1v) is 8.27. The SMILES string of the molecule is CCCCC(CC)Cn1nnnc1-c1cccc(N)c1Br. The van der Waals surface area contributed by atoms with E-state index in [2.05, 4.69) is 45.3 Å². The van der Waals surface area contributed by atoms with Crippen LogP contribution in [-0.2, 0) is 6.54 Å². The van der Waals surface area contributed by atoms with Crippen LogP contribution in [0, 0.1) is 5.92 Å². The van der Waals surface area contributed by atoms with Crippen LogP contribution in [0.15, 0.2) is 22.7 Å². The number of halogens is 1. The summed E-state index contributed by atoms with van der Waals surface area (Å²) < 4.78 is 2.74. The van der Waals surface area contributed by atoms with Crippen LogP contribution in [0.1, 0.15) is 39.5 Å². The highest BCUT2D eigenvalue weighted by molar-refractivity contribution is 9.10. The van der Waals surface area contributed by atoms with E-state index in [4.69, 9.17) is 5.73 Å². The summed E-state index contributed by atoms with van der Waals surface area (Å²) >= 11 is 3.53. The van der Waals surface area contributed by atoms with Crippen molar-refractivity contribution in [2.45, 2.75) is 46.1 Å². The van der Waals surface area contributed by atoms with E-state index >= 15 is 0 Å². The minimum absolute atomic E-state index is 0.604. The van der Waals surface area contributed by atoms with Crippen molar-refractivity contribution in [2.75, 3.05) is 5.73 Å². The summed E-state index contributed by atoms with van der Waals surface area (Å²) in [7, 11) is 0. The van der Waals surface area contributed by atoms with Gasteiger partial charge < -0.3 is 5.73 Å². The molecule has 0 saturated heterocycles. The van der Waals surface area contributed by atoms with Crippen molar-refractivity contribution in [3.8, 4) is 11.4 Å². The van der Waals surface area contributed by atoms with Gasteiger partial charge in [0.2, 0.25) is 0 Å². The Kier molecular flexibility index (Phi) is 5.73. The standard InChI is InChI=1S/C15H22BrN5/c1-3-5-7-11(4-2)10-21-15(18-19-20-21)12-8-6-9-13(17)14(12)16/h6,8-9,11H,3-5,7,10,17H2,1-2H3. The van der Waals surface area contributed by atoms with Gasteiger partial charge in [-0.05, 0) is 50.8 Å². The summed E-state index contributed by atoms with van der Waals surface area (Å²) in [5, 5.41) is 12.2. The number of unbranched alkanes of at least 4 members (excludes halogenated alkanes) is 1. The molecule has 0 bridgehead atoms.